The van der Waals surface area contributed by atoms with Crippen molar-refractivity contribution in [2.45, 2.75) is 31.3 Å². The second kappa shape index (κ2) is 7.23. The van der Waals surface area contributed by atoms with Gasteiger partial charge in [0.2, 0.25) is 0 Å². The maximum absolute atomic E-state index is 12.5. The Bertz CT molecular complexity index is 839. The molecule has 2 aromatic rings. The molecule has 0 bridgehead atoms. The molecule has 0 aliphatic heterocycles. The van der Waals surface area contributed by atoms with Crippen LogP contribution in [0.25, 0.3) is 12.2 Å². The molecule has 7 heteroatoms. The van der Waals surface area contributed by atoms with Crippen LogP contribution in [0.1, 0.15) is 35.4 Å². The minimum atomic E-state index is -0.144. The quantitative estimate of drug-likeness (QED) is 0.763. The SMILES string of the molecule is COCCn1cc(C(C)NC(=O)c2cc3c([nH]2)=CCC(Cl)C=3)cn1. The zero-order valence-electron chi connectivity index (χ0n) is 13.8. The van der Waals surface area contributed by atoms with E-state index in [1.54, 1.807) is 18.0 Å². The van der Waals surface area contributed by atoms with Crippen molar-refractivity contribution in [1.82, 2.24) is 20.1 Å². The summed E-state index contributed by atoms with van der Waals surface area (Å²) in [7, 11) is 1.66. The summed E-state index contributed by atoms with van der Waals surface area (Å²) >= 11 is 6.12. The average Bonchev–Trinajstić information content (AvgIpc) is 3.19. The maximum Gasteiger partial charge on any atom is 0.268 e. The predicted octanol–water partition coefficient (Wildman–Crippen LogP) is 0.921. The van der Waals surface area contributed by atoms with Gasteiger partial charge < -0.3 is 15.0 Å². The number of rotatable bonds is 6. The van der Waals surface area contributed by atoms with E-state index < -0.39 is 0 Å². The van der Waals surface area contributed by atoms with Crippen LogP contribution in [0.3, 0.4) is 0 Å². The van der Waals surface area contributed by atoms with Gasteiger partial charge in [0.1, 0.15) is 5.69 Å². The van der Waals surface area contributed by atoms with Crippen molar-refractivity contribution in [3.63, 3.8) is 0 Å². The molecule has 6 nitrogen and oxygen atoms in total. The fourth-order valence-electron chi connectivity index (χ4n) is 2.68. The standard InChI is InChI=1S/C17H21ClN4O2/c1-11(13-9-19-22(10-13)5-6-24-2)20-17(23)16-8-12-7-14(18)3-4-15(12)21-16/h4,7-11,14,21H,3,5-6H2,1-2H3,(H,20,23). The zero-order chi connectivity index (χ0) is 17.1. The Morgan fingerprint density at radius 2 is 2.46 bits per heavy atom. The van der Waals surface area contributed by atoms with Gasteiger partial charge in [-0.15, -0.1) is 11.6 Å². The normalized spacial score (nSPS) is 17.5. The van der Waals surface area contributed by atoms with Gasteiger partial charge in [0.05, 0.1) is 30.8 Å². The molecule has 0 saturated carbocycles. The second-order valence-corrected chi connectivity index (χ2v) is 6.46. The van der Waals surface area contributed by atoms with Gasteiger partial charge in [0.25, 0.3) is 5.91 Å². The molecule has 24 heavy (non-hydrogen) atoms. The van der Waals surface area contributed by atoms with Crippen LogP contribution in [0.4, 0.5) is 0 Å². The molecule has 1 amide bonds. The van der Waals surface area contributed by atoms with Crippen LogP contribution in [0.15, 0.2) is 18.5 Å². The summed E-state index contributed by atoms with van der Waals surface area (Å²) in [6, 6.07) is 1.70. The van der Waals surface area contributed by atoms with Crippen LogP contribution in [0, 0.1) is 0 Å². The van der Waals surface area contributed by atoms with Crippen molar-refractivity contribution in [2.75, 3.05) is 13.7 Å². The number of methoxy groups -OCH3 is 1. The zero-order valence-corrected chi connectivity index (χ0v) is 14.5. The molecule has 2 unspecified atom stereocenters. The van der Waals surface area contributed by atoms with Crippen LogP contribution in [-0.4, -0.2) is 39.8 Å². The lowest BCUT2D eigenvalue weighted by atomic mass is 10.1. The molecule has 2 heterocycles. The van der Waals surface area contributed by atoms with E-state index in [2.05, 4.69) is 15.4 Å². The van der Waals surface area contributed by atoms with E-state index in [0.717, 1.165) is 22.6 Å². The molecule has 128 valence electrons. The Hall–Kier alpha value is -2.05. The summed E-state index contributed by atoms with van der Waals surface area (Å²) < 4.78 is 6.84. The highest BCUT2D eigenvalue weighted by Gasteiger charge is 2.15. The molecule has 2 atom stereocenters. The van der Waals surface area contributed by atoms with Crippen molar-refractivity contribution in [3.05, 3.63) is 40.3 Å². The first-order valence-electron chi connectivity index (χ1n) is 7.94. The summed E-state index contributed by atoms with van der Waals surface area (Å²) in [6.07, 6.45) is 8.44. The average molecular weight is 349 g/mol. The Balaban J connectivity index is 1.68. The van der Waals surface area contributed by atoms with Crippen molar-refractivity contribution in [2.24, 2.45) is 0 Å². The highest BCUT2D eigenvalue weighted by atomic mass is 35.5. The molecule has 0 radical (unpaired) electrons. The van der Waals surface area contributed by atoms with Crippen LogP contribution >= 0.6 is 11.6 Å². The van der Waals surface area contributed by atoms with Crippen LogP contribution in [-0.2, 0) is 11.3 Å². The van der Waals surface area contributed by atoms with Gasteiger partial charge in [-0.05, 0) is 24.6 Å². The van der Waals surface area contributed by atoms with Gasteiger partial charge in [-0.2, -0.15) is 5.10 Å². The molecule has 0 spiro atoms. The van der Waals surface area contributed by atoms with Gasteiger partial charge in [0.15, 0.2) is 0 Å². The molecule has 2 N–H and O–H groups in total. The monoisotopic (exact) mass is 348 g/mol. The fourth-order valence-corrected chi connectivity index (χ4v) is 2.90. The number of halogens is 1. The maximum atomic E-state index is 12.5. The van der Waals surface area contributed by atoms with E-state index in [4.69, 9.17) is 16.3 Å². The number of hydrogen-bond donors (Lipinski definition) is 2. The smallest absolute Gasteiger partial charge is 0.268 e. The molecule has 0 fully saturated rings. The van der Waals surface area contributed by atoms with Gasteiger partial charge in [-0.25, -0.2) is 0 Å². The van der Waals surface area contributed by atoms with Gasteiger partial charge in [-0.3, -0.25) is 9.48 Å². The third-order valence-corrected chi connectivity index (χ3v) is 4.36. The Labute approximate surface area is 145 Å². The van der Waals surface area contributed by atoms with E-state index in [0.29, 0.717) is 18.8 Å². The predicted molar refractivity (Wildman–Crippen MR) is 93.2 cm³/mol. The number of amides is 1. The molecular weight excluding hydrogens is 328 g/mol. The molecular formula is C17H21ClN4O2. The number of carbonyl (C=O) groups excluding carboxylic acids is 1. The number of nitrogens with one attached hydrogen (secondary N) is 2. The number of alkyl halides is 1. The number of carbonyl (C=O) groups is 1. The van der Waals surface area contributed by atoms with Crippen LogP contribution in [0.2, 0.25) is 0 Å². The first-order chi connectivity index (χ1) is 11.6. The minimum Gasteiger partial charge on any atom is -0.383 e. The summed E-state index contributed by atoms with van der Waals surface area (Å²) in [5.74, 6) is -0.144. The summed E-state index contributed by atoms with van der Waals surface area (Å²) in [5.41, 5.74) is 1.49. The van der Waals surface area contributed by atoms with Crippen molar-refractivity contribution in [1.29, 1.82) is 0 Å². The van der Waals surface area contributed by atoms with E-state index in [1.165, 1.54) is 0 Å². The fraction of sp³-hybridized carbons (Fsp3) is 0.412. The summed E-state index contributed by atoms with van der Waals surface area (Å²) in [4.78, 5) is 15.6. The molecule has 1 aliphatic carbocycles. The Morgan fingerprint density at radius 1 is 1.62 bits per heavy atom. The van der Waals surface area contributed by atoms with Gasteiger partial charge >= 0.3 is 0 Å². The molecule has 3 rings (SSSR count). The molecule has 2 aromatic heterocycles. The van der Waals surface area contributed by atoms with Gasteiger partial charge in [-0.1, -0.05) is 12.2 Å². The van der Waals surface area contributed by atoms with Crippen molar-refractivity contribution in [3.8, 4) is 0 Å². The lowest BCUT2D eigenvalue weighted by Gasteiger charge is -2.11. The van der Waals surface area contributed by atoms with Gasteiger partial charge in [0, 0.05) is 24.2 Å². The van der Waals surface area contributed by atoms with E-state index in [-0.39, 0.29) is 17.3 Å². The lowest BCUT2D eigenvalue weighted by molar-refractivity contribution is 0.0935. The lowest BCUT2D eigenvalue weighted by Crippen LogP contribution is -2.28. The van der Waals surface area contributed by atoms with E-state index >= 15 is 0 Å². The van der Waals surface area contributed by atoms with Crippen molar-refractivity contribution < 1.29 is 9.53 Å². The number of aromatic amines is 1. The third-order valence-electron chi connectivity index (χ3n) is 4.06. The number of aromatic nitrogens is 3. The van der Waals surface area contributed by atoms with E-state index in [1.807, 2.05) is 31.3 Å². The molecule has 1 aliphatic rings. The van der Waals surface area contributed by atoms with Crippen LogP contribution in [0.5, 0.6) is 0 Å². The van der Waals surface area contributed by atoms with E-state index in [9.17, 15) is 4.79 Å². The summed E-state index contributed by atoms with van der Waals surface area (Å²) in [5, 5.41) is 9.18. The second-order valence-electron chi connectivity index (χ2n) is 5.90. The first-order valence-corrected chi connectivity index (χ1v) is 8.37. The number of hydrogen-bond acceptors (Lipinski definition) is 3. The summed E-state index contributed by atoms with van der Waals surface area (Å²) in [6.45, 7) is 3.22. The van der Waals surface area contributed by atoms with Crippen LogP contribution < -0.4 is 15.9 Å². The number of fused-ring (bicyclic) bond motifs is 1. The molecule has 0 saturated heterocycles. The van der Waals surface area contributed by atoms with Crippen molar-refractivity contribution >= 4 is 29.7 Å². The number of H-pyrrole nitrogens is 1. The first kappa shape index (κ1) is 16.8. The highest BCUT2D eigenvalue weighted by Crippen LogP contribution is 2.12. The number of ether oxygens (including phenoxy) is 1. The Kier molecular flexibility index (Phi) is 5.06. The largest absolute Gasteiger partial charge is 0.383 e. The topological polar surface area (TPSA) is 71.9 Å². The Morgan fingerprint density at radius 3 is 3.25 bits per heavy atom. The molecule has 0 aromatic carbocycles. The third kappa shape index (κ3) is 3.71. The highest BCUT2D eigenvalue weighted by molar-refractivity contribution is 6.24. The minimum absolute atomic E-state index is 0.0129. The number of nitrogens with zero attached hydrogens (tertiary/aromatic N) is 2.